The Morgan fingerprint density at radius 1 is 1.38 bits per heavy atom. The van der Waals surface area contributed by atoms with E-state index in [1.54, 1.807) is 4.68 Å². The Morgan fingerprint density at radius 3 is 3.05 bits per heavy atom. The average molecular weight is 314 g/mol. The zero-order valence-electron chi connectivity index (χ0n) is 12.0. The van der Waals surface area contributed by atoms with E-state index in [1.165, 1.54) is 12.4 Å². The number of hydrogen-bond acceptors (Lipinski definition) is 5. The Bertz CT molecular complexity index is 586. The number of fused-ring (bicyclic) bond motifs is 1. The van der Waals surface area contributed by atoms with Crippen molar-refractivity contribution in [3.8, 4) is 0 Å². The van der Waals surface area contributed by atoms with E-state index >= 15 is 0 Å². The van der Waals surface area contributed by atoms with E-state index in [0.717, 1.165) is 32.4 Å². The predicted octanol–water partition coefficient (Wildman–Crippen LogP) is -0.219. The molecule has 2 aliphatic heterocycles. The Balaban J connectivity index is 1.67. The molecule has 21 heavy (non-hydrogen) atoms. The molecular formula is C13H22N4O3S. The van der Waals surface area contributed by atoms with Crippen molar-refractivity contribution in [2.24, 2.45) is 0 Å². The number of nitrogens with zero attached hydrogens (tertiary/aromatic N) is 3. The average Bonchev–Trinajstić information content (AvgIpc) is 3.14. The van der Waals surface area contributed by atoms with Crippen LogP contribution in [0.3, 0.4) is 0 Å². The molecule has 7 nitrogen and oxygen atoms in total. The van der Waals surface area contributed by atoms with E-state index in [9.17, 15) is 8.42 Å². The van der Waals surface area contributed by atoms with Crippen LogP contribution >= 0.6 is 0 Å². The summed E-state index contributed by atoms with van der Waals surface area (Å²) in [5.41, 5.74) is 0. The Kier molecular flexibility index (Phi) is 4.30. The maximum absolute atomic E-state index is 12.4. The number of sulfonamides is 1. The van der Waals surface area contributed by atoms with Crippen LogP contribution in [0.25, 0.3) is 0 Å². The lowest BCUT2D eigenvalue weighted by Crippen LogP contribution is -2.42. The van der Waals surface area contributed by atoms with Crippen molar-refractivity contribution in [2.75, 3.05) is 19.7 Å². The van der Waals surface area contributed by atoms with Crippen LogP contribution in [-0.4, -0.2) is 60.0 Å². The van der Waals surface area contributed by atoms with Gasteiger partial charge in [-0.1, -0.05) is 0 Å². The molecule has 2 saturated heterocycles. The number of aryl methyl sites for hydroxylation is 1. The lowest BCUT2D eigenvalue weighted by molar-refractivity contribution is 0.277. The van der Waals surface area contributed by atoms with Crippen LogP contribution in [0.1, 0.15) is 25.7 Å². The van der Waals surface area contributed by atoms with Crippen LogP contribution in [0.2, 0.25) is 0 Å². The largest absolute Gasteiger partial charge is 0.396 e. The Hall–Kier alpha value is -0.960. The van der Waals surface area contributed by atoms with Crippen LogP contribution in [0, 0.1) is 0 Å². The van der Waals surface area contributed by atoms with Gasteiger partial charge in [-0.25, -0.2) is 13.1 Å². The minimum absolute atomic E-state index is 0.0123. The van der Waals surface area contributed by atoms with Crippen LogP contribution in [0.4, 0.5) is 0 Å². The maximum atomic E-state index is 12.4. The number of aliphatic hydroxyl groups is 1. The molecule has 0 saturated carbocycles. The van der Waals surface area contributed by atoms with Crippen molar-refractivity contribution < 1.29 is 13.5 Å². The van der Waals surface area contributed by atoms with Crippen LogP contribution < -0.4 is 4.72 Å². The van der Waals surface area contributed by atoms with Gasteiger partial charge in [0.15, 0.2) is 0 Å². The summed E-state index contributed by atoms with van der Waals surface area (Å²) in [6.45, 7) is 2.65. The fourth-order valence-corrected chi connectivity index (χ4v) is 4.58. The van der Waals surface area contributed by atoms with Gasteiger partial charge in [0.2, 0.25) is 10.0 Å². The molecule has 0 aliphatic carbocycles. The first-order valence-electron chi connectivity index (χ1n) is 7.50. The number of rotatable bonds is 6. The van der Waals surface area contributed by atoms with E-state index in [0.29, 0.717) is 19.0 Å². The molecule has 0 aromatic carbocycles. The van der Waals surface area contributed by atoms with Gasteiger partial charge < -0.3 is 5.11 Å². The summed E-state index contributed by atoms with van der Waals surface area (Å²) >= 11 is 0. The highest BCUT2D eigenvalue weighted by Gasteiger charge is 2.39. The highest BCUT2D eigenvalue weighted by molar-refractivity contribution is 7.89. The topological polar surface area (TPSA) is 87.5 Å². The summed E-state index contributed by atoms with van der Waals surface area (Å²) in [6.07, 6.45) is 6.57. The zero-order valence-corrected chi connectivity index (χ0v) is 12.8. The van der Waals surface area contributed by atoms with Crippen molar-refractivity contribution in [2.45, 2.75) is 49.2 Å². The summed E-state index contributed by atoms with van der Waals surface area (Å²) in [5, 5.41) is 12.8. The summed E-state index contributed by atoms with van der Waals surface area (Å²) < 4.78 is 29.3. The molecule has 1 aromatic rings. The molecule has 2 fully saturated rings. The smallest absolute Gasteiger partial charge is 0.243 e. The second-order valence-electron chi connectivity index (χ2n) is 5.78. The maximum Gasteiger partial charge on any atom is 0.243 e. The van der Waals surface area contributed by atoms with Gasteiger partial charge >= 0.3 is 0 Å². The van der Waals surface area contributed by atoms with Gasteiger partial charge in [-0.2, -0.15) is 5.10 Å². The van der Waals surface area contributed by atoms with E-state index in [2.05, 4.69) is 14.7 Å². The normalized spacial score (nSPS) is 26.3. The molecular weight excluding hydrogens is 292 g/mol. The fourth-order valence-electron chi connectivity index (χ4n) is 3.33. The first kappa shape index (κ1) is 15.0. The van der Waals surface area contributed by atoms with Gasteiger partial charge in [-0.05, 0) is 32.2 Å². The van der Waals surface area contributed by atoms with Gasteiger partial charge in [0.25, 0.3) is 0 Å². The molecule has 0 spiro atoms. The molecule has 0 radical (unpaired) electrons. The second-order valence-corrected chi connectivity index (χ2v) is 7.49. The van der Waals surface area contributed by atoms with Crippen LogP contribution in [0.5, 0.6) is 0 Å². The molecule has 2 unspecified atom stereocenters. The first-order valence-corrected chi connectivity index (χ1v) is 8.98. The molecule has 2 atom stereocenters. The van der Waals surface area contributed by atoms with Gasteiger partial charge in [-0.15, -0.1) is 0 Å². The third-order valence-corrected chi connectivity index (χ3v) is 5.82. The molecule has 1 aromatic heterocycles. The lowest BCUT2D eigenvalue weighted by Gasteiger charge is -2.20. The molecule has 0 bridgehead atoms. The number of nitrogens with one attached hydrogen (secondary N) is 1. The van der Waals surface area contributed by atoms with Gasteiger partial charge in [0.1, 0.15) is 4.90 Å². The first-order chi connectivity index (χ1) is 10.1. The summed E-state index contributed by atoms with van der Waals surface area (Å²) in [5.74, 6) is 0. The van der Waals surface area contributed by atoms with Crippen molar-refractivity contribution >= 4 is 10.0 Å². The molecule has 0 amide bonds. The van der Waals surface area contributed by atoms with Crippen LogP contribution in [0.15, 0.2) is 17.3 Å². The van der Waals surface area contributed by atoms with Gasteiger partial charge in [-0.3, -0.25) is 9.58 Å². The third kappa shape index (κ3) is 3.13. The molecule has 118 valence electrons. The number of aliphatic hydroxyl groups excluding tert-OH is 1. The monoisotopic (exact) mass is 314 g/mol. The molecule has 3 rings (SSSR count). The van der Waals surface area contributed by atoms with Crippen molar-refractivity contribution in [1.82, 2.24) is 19.4 Å². The molecule has 8 heteroatoms. The summed E-state index contributed by atoms with van der Waals surface area (Å²) in [6, 6.07) is 0.363. The van der Waals surface area contributed by atoms with E-state index in [-0.39, 0.29) is 17.5 Å². The zero-order chi connectivity index (χ0) is 14.9. The summed E-state index contributed by atoms with van der Waals surface area (Å²) in [4.78, 5) is 2.58. The number of hydrogen-bond donors (Lipinski definition) is 2. The minimum Gasteiger partial charge on any atom is -0.396 e. The molecule has 2 N–H and O–H groups in total. The van der Waals surface area contributed by atoms with Crippen molar-refractivity contribution in [3.05, 3.63) is 12.4 Å². The van der Waals surface area contributed by atoms with Crippen molar-refractivity contribution in [1.29, 1.82) is 0 Å². The van der Waals surface area contributed by atoms with E-state index in [1.807, 2.05) is 0 Å². The Labute approximate surface area is 125 Å². The predicted molar refractivity (Wildman–Crippen MR) is 77.3 cm³/mol. The Morgan fingerprint density at radius 2 is 2.24 bits per heavy atom. The fraction of sp³-hybridized carbons (Fsp3) is 0.769. The standard InChI is InChI=1S/C13H22N4O3S/c18-8-2-6-17-10-11(9-14-17)21(19,20)15-12-4-7-16-5-1-3-13(12)16/h9-10,12-13,15,18H,1-8H2. The highest BCUT2D eigenvalue weighted by atomic mass is 32.2. The SMILES string of the molecule is O=S(=O)(NC1CCN2CCCC12)c1cnn(CCCO)c1. The van der Waals surface area contributed by atoms with E-state index in [4.69, 9.17) is 5.11 Å². The quantitative estimate of drug-likeness (QED) is 0.758. The summed E-state index contributed by atoms with van der Waals surface area (Å²) in [7, 11) is -3.51. The third-order valence-electron chi connectivity index (χ3n) is 4.38. The molecule has 2 aliphatic rings. The lowest BCUT2D eigenvalue weighted by atomic mass is 10.1. The highest BCUT2D eigenvalue weighted by Crippen LogP contribution is 2.28. The molecule has 3 heterocycles. The van der Waals surface area contributed by atoms with E-state index < -0.39 is 10.0 Å². The second kappa shape index (κ2) is 6.04. The van der Waals surface area contributed by atoms with Gasteiger partial charge in [0.05, 0.1) is 6.20 Å². The van der Waals surface area contributed by atoms with Gasteiger partial charge in [0, 0.05) is 38.0 Å². The number of aromatic nitrogens is 2. The van der Waals surface area contributed by atoms with Crippen LogP contribution in [-0.2, 0) is 16.6 Å². The van der Waals surface area contributed by atoms with Crippen molar-refractivity contribution in [3.63, 3.8) is 0 Å². The minimum atomic E-state index is -3.51.